The average molecular weight is 546 g/mol. The molecule has 212 valence electrons. The Kier molecular flexibility index (Phi) is 8.37. The smallest absolute Gasteiger partial charge is 0.265 e. The number of benzene rings is 1. The molecule has 0 aliphatic carbocycles. The van der Waals surface area contributed by atoms with Crippen molar-refractivity contribution in [2.45, 2.75) is 38.8 Å². The monoisotopic (exact) mass is 545 g/mol. The quantitative estimate of drug-likeness (QED) is 0.320. The van der Waals surface area contributed by atoms with Gasteiger partial charge in [0.05, 0.1) is 37.7 Å². The van der Waals surface area contributed by atoms with Crippen LogP contribution >= 0.6 is 0 Å². The summed E-state index contributed by atoms with van der Waals surface area (Å²) in [6.45, 7) is 7.76. The van der Waals surface area contributed by atoms with E-state index in [4.69, 9.17) is 9.47 Å². The molecule has 0 spiro atoms. The number of rotatable bonds is 10. The maximum absolute atomic E-state index is 13.8. The lowest BCUT2D eigenvalue weighted by molar-refractivity contribution is 0.212. The fourth-order valence-corrected chi connectivity index (χ4v) is 5.18. The van der Waals surface area contributed by atoms with E-state index in [1.807, 2.05) is 47.4 Å². The van der Waals surface area contributed by atoms with Crippen LogP contribution in [0.3, 0.4) is 0 Å². The first-order chi connectivity index (χ1) is 19.4. The topological polar surface area (TPSA) is 89.2 Å². The molecule has 0 atom stereocenters. The molecule has 1 N–H and O–H groups in total. The molecule has 5 rings (SSSR count). The van der Waals surface area contributed by atoms with Gasteiger partial charge in [-0.25, -0.2) is 4.98 Å². The molecule has 1 aliphatic rings. The molecule has 1 aromatic carbocycles. The summed E-state index contributed by atoms with van der Waals surface area (Å²) in [5.41, 5.74) is 3.53. The van der Waals surface area contributed by atoms with Crippen molar-refractivity contribution in [2.24, 2.45) is 0 Å². The van der Waals surface area contributed by atoms with Crippen LogP contribution in [0.25, 0.3) is 16.8 Å². The lowest BCUT2D eigenvalue weighted by Gasteiger charge is -2.28. The number of ether oxygens (including phenoxy) is 2. The van der Waals surface area contributed by atoms with Crippen molar-refractivity contribution in [1.29, 1.82) is 0 Å². The number of hydrogen-bond donors (Lipinski definition) is 1. The van der Waals surface area contributed by atoms with Crippen LogP contribution in [0.5, 0.6) is 11.5 Å². The Hall–Kier alpha value is -3.89. The van der Waals surface area contributed by atoms with Crippen molar-refractivity contribution in [2.75, 3.05) is 52.3 Å². The summed E-state index contributed by atoms with van der Waals surface area (Å²) in [5, 5.41) is 8.10. The Morgan fingerprint density at radius 1 is 1.02 bits per heavy atom. The predicted octanol–water partition coefficient (Wildman–Crippen LogP) is 3.98. The fourth-order valence-electron chi connectivity index (χ4n) is 5.18. The number of fused-ring (bicyclic) bond motifs is 1. The second kappa shape index (κ2) is 12.1. The van der Waals surface area contributed by atoms with Gasteiger partial charge in [-0.3, -0.25) is 13.9 Å². The van der Waals surface area contributed by atoms with Crippen molar-refractivity contribution in [1.82, 2.24) is 29.4 Å². The van der Waals surface area contributed by atoms with E-state index in [0.29, 0.717) is 41.3 Å². The predicted molar refractivity (Wildman–Crippen MR) is 158 cm³/mol. The minimum Gasteiger partial charge on any atom is -0.497 e. The number of nitrogens with zero attached hydrogens (tertiary/aromatic N) is 6. The van der Waals surface area contributed by atoms with Gasteiger partial charge < -0.3 is 24.6 Å². The summed E-state index contributed by atoms with van der Waals surface area (Å²) in [6, 6.07) is 10.3. The molecule has 0 amide bonds. The van der Waals surface area contributed by atoms with E-state index in [-0.39, 0.29) is 5.56 Å². The molecular weight excluding hydrogens is 506 g/mol. The molecule has 4 aromatic rings. The summed E-state index contributed by atoms with van der Waals surface area (Å²) in [6.07, 6.45) is 9.37. The SMILES string of the molecule is COc1cc(OC)cc(N(CCNC(C)C)c2ccc3ncc(-c4cnn(C5CCN(C)CC5)c4)c(=O)n3c2)c1. The zero-order chi connectivity index (χ0) is 28.2. The summed E-state index contributed by atoms with van der Waals surface area (Å²) in [5.74, 6) is 1.39. The lowest BCUT2D eigenvalue weighted by atomic mass is 10.1. The van der Waals surface area contributed by atoms with Gasteiger partial charge in [0.15, 0.2) is 0 Å². The van der Waals surface area contributed by atoms with Crippen molar-refractivity contribution < 1.29 is 9.47 Å². The molecule has 40 heavy (non-hydrogen) atoms. The van der Waals surface area contributed by atoms with Crippen molar-refractivity contribution in [3.05, 3.63) is 65.5 Å². The van der Waals surface area contributed by atoms with Gasteiger partial charge in [0.25, 0.3) is 5.56 Å². The summed E-state index contributed by atoms with van der Waals surface area (Å²) < 4.78 is 14.7. The molecule has 0 radical (unpaired) electrons. The second-order valence-corrected chi connectivity index (χ2v) is 10.7. The van der Waals surface area contributed by atoms with Crippen LogP contribution in [0.1, 0.15) is 32.7 Å². The molecule has 1 fully saturated rings. The van der Waals surface area contributed by atoms with E-state index < -0.39 is 0 Å². The molecule has 1 saturated heterocycles. The van der Waals surface area contributed by atoms with Crippen LogP contribution in [0.2, 0.25) is 0 Å². The van der Waals surface area contributed by atoms with Gasteiger partial charge in [-0.2, -0.15) is 5.10 Å². The summed E-state index contributed by atoms with van der Waals surface area (Å²) >= 11 is 0. The Morgan fingerprint density at radius 2 is 1.75 bits per heavy atom. The second-order valence-electron chi connectivity index (χ2n) is 10.7. The highest BCUT2D eigenvalue weighted by Gasteiger charge is 2.20. The van der Waals surface area contributed by atoms with Crippen molar-refractivity contribution in [3.8, 4) is 22.6 Å². The molecule has 0 unspecified atom stereocenters. The van der Waals surface area contributed by atoms with E-state index in [0.717, 1.165) is 49.4 Å². The standard InChI is InChI=1S/C30H39N7O3/c1-21(2)31-10-13-35(25-14-26(39-4)16-27(15-25)40-5)24-6-7-29-32-18-28(30(38)36(29)20-24)22-17-33-37(19-22)23-8-11-34(3)12-9-23/h6-7,14-21,23,31H,8-13H2,1-5H3. The average Bonchev–Trinajstić information content (AvgIpc) is 3.45. The molecule has 3 aromatic heterocycles. The van der Waals surface area contributed by atoms with Gasteiger partial charge in [-0.1, -0.05) is 13.8 Å². The van der Waals surface area contributed by atoms with Gasteiger partial charge in [-0.05, 0) is 45.1 Å². The van der Waals surface area contributed by atoms with E-state index in [1.165, 1.54) is 0 Å². The fraction of sp³-hybridized carbons (Fsp3) is 0.433. The van der Waals surface area contributed by atoms with E-state index in [2.05, 4.69) is 46.1 Å². The first kappa shape index (κ1) is 27.7. The molecular formula is C30H39N7O3. The van der Waals surface area contributed by atoms with Gasteiger partial charge in [0, 0.05) is 67.2 Å². The Labute approximate surface area is 235 Å². The van der Waals surface area contributed by atoms with Crippen molar-refractivity contribution in [3.63, 3.8) is 0 Å². The zero-order valence-corrected chi connectivity index (χ0v) is 24.0. The Bertz CT molecular complexity index is 1480. The Balaban J connectivity index is 1.52. The lowest BCUT2D eigenvalue weighted by Crippen LogP contribution is -2.33. The number of pyridine rings is 1. The third-order valence-electron chi connectivity index (χ3n) is 7.51. The van der Waals surface area contributed by atoms with Crippen LogP contribution in [-0.4, -0.2) is 77.6 Å². The zero-order valence-electron chi connectivity index (χ0n) is 24.0. The number of likely N-dealkylation sites (tertiary alicyclic amines) is 1. The molecule has 1 aliphatic heterocycles. The van der Waals surface area contributed by atoms with E-state index in [1.54, 1.807) is 31.0 Å². The minimum atomic E-state index is -0.127. The number of piperidine rings is 1. The largest absolute Gasteiger partial charge is 0.497 e. The third kappa shape index (κ3) is 5.97. The molecule has 0 bridgehead atoms. The van der Waals surface area contributed by atoms with Crippen LogP contribution < -0.4 is 25.2 Å². The Morgan fingerprint density at radius 3 is 2.42 bits per heavy atom. The number of nitrogens with one attached hydrogen (secondary N) is 1. The molecule has 10 nitrogen and oxygen atoms in total. The van der Waals surface area contributed by atoms with Crippen LogP contribution in [0, 0.1) is 0 Å². The van der Waals surface area contributed by atoms with Gasteiger partial charge in [0.1, 0.15) is 17.1 Å². The number of hydrogen-bond acceptors (Lipinski definition) is 8. The molecule has 4 heterocycles. The van der Waals surface area contributed by atoms with Gasteiger partial charge in [0.2, 0.25) is 0 Å². The van der Waals surface area contributed by atoms with Crippen LogP contribution in [-0.2, 0) is 0 Å². The molecule has 0 saturated carbocycles. The summed E-state index contributed by atoms with van der Waals surface area (Å²) in [7, 11) is 5.43. The minimum absolute atomic E-state index is 0.127. The number of aromatic nitrogens is 4. The van der Waals surface area contributed by atoms with E-state index >= 15 is 0 Å². The first-order valence-electron chi connectivity index (χ1n) is 13.8. The van der Waals surface area contributed by atoms with Gasteiger partial charge in [-0.15, -0.1) is 0 Å². The van der Waals surface area contributed by atoms with Crippen LogP contribution in [0.4, 0.5) is 11.4 Å². The van der Waals surface area contributed by atoms with Crippen molar-refractivity contribution >= 4 is 17.0 Å². The molecule has 10 heteroatoms. The third-order valence-corrected chi connectivity index (χ3v) is 7.51. The van der Waals surface area contributed by atoms with E-state index in [9.17, 15) is 4.79 Å². The maximum atomic E-state index is 13.8. The normalized spacial score (nSPS) is 14.7. The van der Waals surface area contributed by atoms with Gasteiger partial charge >= 0.3 is 0 Å². The summed E-state index contributed by atoms with van der Waals surface area (Å²) in [4.78, 5) is 22.9. The number of methoxy groups -OCH3 is 2. The first-order valence-corrected chi connectivity index (χ1v) is 13.8. The highest BCUT2D eigenvalue weighted by atomic mass is 16.5. The highest BCUT2D eigenvalue weighted by molar-refractivity contribution is 5.68. The number of anilines is 2. The van der Waals surface area contributed by atoms with Crippen LogP contribution in [0.15, 0.2) is 59.9 Å². The maximum Gasteiger partial charge on any atom is 0.265 e. The highest BCUT2D eigenvalue weighted by Crippen LogP contribution is 2.33.